The summed E-state index contributed by atoms with van der Waals surface area (Å²) in [6, 6.07) is 7.12. The lowest BCUT2D eigenvalue weighted by atomic mass is 9.93. The Morgan fingerprint density at radius 1 is 1.50 bits per heavy atom. The van der Waals surface area contributed by atoms with E-state index in [1.165, 1.54) is 15.7 Å². The lowest BCUT2D eigenvalue weighted by Gasteiger charge is -2.46. The summed E-state index contributed by atoms with van der Waals surface area (Å²) in [6.45, 7) is 11.1. The Labute approximate surface area is 119 Å². The summed E-state index contributed by atoms with van der Waals surface area (Å²) in [5.41, 5.74) is 2.86. The summed E-state index contributed by atoms with van der Waals surface area (Å²) >= 11 is 3.69. The SMILES string of the molecule is CCC1(C)CN(c2cc(C)ccc2Br)C(C)CN1. The Morgan fingerprint density at radius 3 is 2.89 bits per heavy atom. The minimum absolute atomic E-state index is 0.218. The lowest BCUT2D eigenvalue weighted by Crippen LogP contribution is -2.62. The third-order valence-electron chi connectivity index (χ3n) is 4.07. The molecule has 18 heavy (non-hydrogen) atoms. The molecular weight excluding hydrogens is 288 g/mol. The van der Waals surface area contributed by atoms with Gasteiger partial charge in [0.25, 0.3) is 0 Å². The predicted octanol–water partition coefficient (Wildman–Crippen LogP) is 3.72. The van der Waals surface area contributed by atoms with Gasteiger partial charge in [0, 0.05) is 29.1 Å². The van der Waals surface area contributed by atoms with E-state index in [0.717, 1.165) is 19.5 Å². The van der Waals surface area contributed by atoms with Crippen LogP contribution in [0.4, 0.5) is 5.69 Å². The number of hydrogen-bond acceptors (Lipinski definition) is 2. The van der Waals surface area contributed by atoms with Gasteiger partial charge in [0.05, 0.1) is 5.69 Å². The van der Waals surface area contributed by atoms with E-state index < -0.39 is 0 Å². The second-order valence-electron chi connectivity index (χ2n) is 5.73. The number of halogens is 1. The van der Waals surface area contributed by atoms with E-state index in [9.17, 15) is 0 Å². The van der Waals surface area contributed by atoms with Crippen LogP contribution in [-0.4, -0.2) is 24.7 Å². The zero-order valence-electron chi connectivity index (χ0n) is 11.8. The normalized spacial score (nSPS) is 28.5. The molecule has 2 rings (SSSR count). The van der Waals surface area contributed by atoms with Gasteiger partial charge in [-0.1, -0.05) is 13.0 Å². The van der Waals surface area contributed by atoms with Crippen LogP contribution in [0.2, 0.25) is 0 Å². The zero-order valence-corrected chi connectivity index (χ0v) is 13.3. The molecule has 0 aromatic heterocycles. The van der Waals surface area contributed by atoms with Gasteiger partial charge in [0.1, 0.15) is 0 Å². The molecular formula is C15H23BrN2. The second kappa shape index (κ2) is 5.22. The van der Waals surface area contributed by atoms with Crippen molar-refractivity contribution in [2.75, 3.05) is 18.0 Å². The molecule has 0 amide bonds. The van der Waals surface area contributed by atoms with Crippen molar-refractivity contribution in [3.8, 4) is 0 Å². The molecule has 1 heterocycles. The molecule has 100 valence electrons. The van der Waals surface area contributed by atoms with Crippen molar-refractivity contribution in [3.05, 3.63) is 28.2 Å². The van der Waals surface area contributed by atoms with Crippen molar-refractivity contribution in [1.82, 2.24) is 5.32 Å². The van der Waals surface area contributed by atoms with Gasteiger partial charge in [-0.15, -0.1) is 0 Å². The van der Waals surface area contributed by atoms with E-state index in [1.54, 1.807) is 0 Å². The van der Waals surface area contributed by atoms with Crippen molar-refractivity contribution < 1.29 is 0 Å². The number of hydrogen-bond donors (Lipinski definition) is 1. The van der Waals surface area contributed by atoms with Crippen LogP contribution in [0.25, 0.3) is 0 Å². The molecule has 0 aliphatic carbocycles. The summed E-state index contributed by atoms with van der Waals surface area (Å²) in [5.74, 6) is 0. The van der Waals surface area contributed by atoms with Crippen LogP contribution >= 0.6 is 15.9 Å². The molecule has 2 unspecified atom stereocenters. The average molecular weight is 311 g/mol. The quantitative estimate of drug-likeness (QED) is 0.895. The number of benzene rings is 1. The Bertz CT molecular complexity index is 433. The Morgan fingerprint density at radius 2 is 2.22 bits per heavy atom. The number of piperazine rings is 1. The maximum atomic E-state index is 3.69. The minimum Gasteiger partial charge on any atom is -0.365 e. The highest BCUT2D eigenvalue weighted by Gasteiger charge is 2.33. The van der Waals surface area contributed by atoms with Crippen LogP contribution < -0.4 is 10.2 Å². The van der Waals surface area contributed by atoms with E-state index in [0.29, 0.717) is 6.04 Å². The largest absolute Gasteiger partial charge is 0.365 e. The van der Waals surface area contributed by atoms with E-state index >= 15 is 0 Å². The summed E-state index contributed by atoms with van der Waals surface area (Å²) in [7, 11) is 0. The number of anilines is 1. The third kappa shape index (κ3) is 2.72. The zero-order chi connectivity index (χ0) is 13.3. The Kier molecular flexibility index (Phi) is 4.02. The molecule has 1 aromatic carbocycles. The first kappa shape index (κ1) is 13.9. The summed E-state index contributed by atoms with van der Waals surface area (Å²) < 4.78 is 1.19. The van der Waals surface area contributed by atoms with E-state index in [2.05, 4.69) is 72.0 Å². The maximum Gasteiger partial charge on any atom is 0.0516 e. The topological polar surface area (TPSA) is 15.3 Å². The van der Waals surface area contributed by atoms with Gasteiger partial charge in [-0.2, -0.15) is 0 Å². The predicted molar refractivity (Wildman–Crippen MR) is 82.4 cm³/mol. The monoisotopic (exact) mass is 310 g/mol. The molecule has 1 aliphatic heterocycles. The van der Waals surface area contributed by atoms with Gasteiger partial charge in [-0.25, -0.2) is 0 Å². The highest BCUT2D eigenvalue weighted by atomic mass is 79.9. The van der Waals surface area contributed by atoms with E-state index in [1.807, 2.05) is 0 Å². The fourth-order valence-corrected chi connectivity index (χ4v) is 2.97. The molecule has 1 N–H and O–H groups in total. The summed E-state index contributed by atoms with van der Waals surface area (Å²) in [5, 5.41) is 3.67. The molecule has 0 saturated carbocycles. The first-order valence-electron chi connectivity index (χ1n) is 6.73. The fourth-order valence-electron chi connectivity index (χ4n) is 2.49. The summed E-state index contributed by atoms with van der Waals surface area (Å²) in [6.07, 6.45) is 1.15. The Hall–Kier alpha value is -0.540. The van der Waals surface area contributed by atoms with E-state index in [-0.39, 0.29) is 5.54 Å². The average Bonchev–Trinajstić information content (AvgIpc) is 2.36. The summed E-state index contributed by atoms with van der Waals surface area (Å²) in [4.78, 5) is 2.52. The van der Waals surface area contributed by atoms with Crippen LogP contribution in [0, 0.1) is 6.92 Å². The highest BCUT2D eigenvalue weighted by molar-refractivity contribution is 9.10. The van der Waals surface area contributed by atoms with Gasteiger partial charge < -0.3 is 10.2 Å². The number of aryl methyl sites for hydroxylation is 1. The van der Waals surface area contributed by atoms with Gasteiger partial charge >= 0.3 is 0 Å². The first-order chi connectivity index (χ1) is 8.45. The van der Waals surface area contributed by atoms with E-state index in [4.69, 9.17) is 0 Å². The first-order valence-corrected chi connectivity index (χ1v) is 7.52. The molecule has 1 fully saturated rings. The number of nitrogens with zero attached hydrogens (tertiary/aromatic N) is 1. The molecule has 2 nitrogen and oxygen atoms in total. The van der Waals surface area contributed by atoms with Crippen LogP contribution in [-0.2, 0) is 0 Å². The van der Waals surface area contributed by atoms with Gasteiger partial charge in [0.15, 0.2) is 0 Å². The molecule has 1 saturated heterocycles. The molecule has 0 spiro atoms. The third-order valence-corrected chi connectivity index (χ3v) is 4.74. The molecule has 3 heteroatoms. The van der Waals surface area contributed by atoms with Crippen molar-refractivity contribution in [2.45, 2.75) is 45.7 Å². The van der Waals surface area contributed by atoms with Crippen molar-refractivity contribution in [2.24, 2.45) is 0 Å². The van der Waals surface area contributed by atoms with Crippen LogP contribution in [0.5, 0.6) is 0 Å². The van der Waals surface area contributed by atoms with Crippen LogP contribution in [0.1, 0.15) is 32.8 Å². The van der Waals surface area contributed by atoms with Crippen molar-refractivity contribution in [3.63, 3.8) is 0 Å². The number of rotatable bonds is 2. The highest BCUT2D eigenvalue weighted by Crippen LogP contribution is 2.32. The van der Waals surface area contributed by atoms with Gasteiger partial charge in [-0.3, -0.25) is 0 Å². The lowest BCUT2D eigenvalue weighted by molar-refractivity contribution is 0.285. The standard InChI is InChI=1S/C15H23BrN2/c1-5-15(4)10-18(12(3)9-17-15)14-8-11(2)6-7-13(14)16/h6-8,12,17H,5,9-10H2,1-4H3. The molecule has 0 bridgehead atoms. The number of nitrogens with one attached hydrogen (secondary N) is 1. The molecule has 1 aromatic rings. The molecule has 0 radical (unpaired) electrons. The molecule has 1 aliphatic rings. The minimum atomic E-state index is 0.218. The molecule has 2 atom stereocenters. The maximum absolute atomic E-state index is 3.69. The van der Waals surface area contributed by atoms with Crippen molar-refractivity contribution >= 4 is 21.6 Å². The van der Waals surface area contributed by atoms with Crippen molar-refractivity contribution in [1.29, 1.82) is 0 Å². The second-order valence-corrected chi connectivity index (χ2v) is 6.58. The van der Waals surface area contributed by atoms with Gasteiger partial charge in [-0.05, 0) is 60.8 Å². The Balaban J connectivity index is 2.32. The van der Waals surface area contributed by atoms with Crippen LogP contribution in [0.15, 0.2) is 22.7 Å². The van der Waals surface area contributed by atoms with Crippen LogP contribution in [0.3, 0.4) is 0 Å². The smallest absolute Gasteiger partial charge is 0.0516 e. The van der Waals surface area contributed by atoms with Gasteiger partial charge in [0.2, 0.25) is 0 Å². The fraction of sp³-hybridized carbons (Fsp3) is 0.600.